The van der Waals surface area contributed by atoms with Gasteiger partial charge in [-0.15, -0.1) is 6.58 Å². The molecule has 0 aliphatic carbocycles. The van der Waals surface area contributed by atoms with Gasteiger partial charge in [0.05, 0.1) is 6.10 Å². The van der Waals surface area contributed by atoms with Crippen molar-refractivity contribution in [1.29, 1.82) is 0 Å². The van der Waals surface area contributed by atoms with E-state index in [4.69, 9.17) is 0 Å². The third-order valence-electron chi connectivity index (χ3n) is 3.87. The summed E-state index contributed by atoms with van der Waals surface area (Å²) >= 11 is 1.72. The lowest BCUT2D eigenvalue weighted by Gasteiger charge is -2.35. The Bertz CT molecular complexity index is 445. The van der Waals surface area contributed by atoms with Crippen molar-refractivity contribution in [3.05, 3.63) is 48.0 Å². The summed E-state index contributed by atoms with van der Waals surface area (Å²) in [6.45, 7) is 7.86. The quantitative estimate of drug-likeness (QED) is 0.832. The molecule has 0 aromatic heterocycles. The van der Waals surface area contributed by atoms with Crippen LogP contribution in [0, 0.1) is 5.92 Å². The first kappa shape index (κ1) is 14.6. The second-order valence-electron chi connectivity index (χ2n) is 5.56. The number of hydrogen-bond donors (Lipinski definition) is 2. The summed E-state index contributed by atoms with van der Waals surface area (Å²) in [5.74, 6) is 0.479. The van der Waals surface area contributed by atoms with Crippen LogP contribution in [0.5, 0.6) is 0 Å². The molecule has 0 radical (unpaired) electrons. The van der Waals surface area contributed by atoms with E-state index in [0.29, 0.717) is 12.2 Å². The van der Waals surface area contributed by atoms with E-state index in [-0.39, 0.29) is 11.2 Å². The molecular weight excluding hydrogens is 256 g/mol. The van der Waals surface area contributed by atoms with Gasteiger partial charge in [-0.2, -0.15) is 11.8 Å². The Morgan fingerprint density at radius 3 is 2.68 bits per heavy atom. The first-order chi connectivity index (χ1) is 8.95. The lowest BCUT2D eigenvalue weighted by Crippen LogP contribution is -2.43. The molecule has 4 atom stereocenters. The maximum absolute atomic E-state index is 11.1. The molecule has 19 heavy (non-hydrogen) atoms. The summed E-state index contributed by atoms with van der Waals surface area (Å²) in [6, 6.07) is 9.70. The van der Waals surface area contributed by atoms with Gasteiger partial charge in [0.25, 0.3) is 0 Å². The highest BCUT2D eigenvalue weighted by molar-refractivity contribution is 8.00. The van der Waals surface area contributed by atoms with Crippen LogP contribution in [0.1, 0.15) is 25.8 Å². The van der Waals surface area contributed by atoms with Gasteiger partial charge in [-0.25, -0.2) is 0 Å². The van der Waals surface area contributed by atoms with Crippen molar-refractivity contribution in [2.75, 3.05) is 5.75 Å². The van der Waals surface area contributed by atoms with Gasteiger partial charge in [0.2, 0.25) is 0 Å². The van der Waals surface area contributed by atoms with Gasteiger partial charge in [-0.1, -0.05) is 42.8 Å². The maximum Gasteiger partial charge on any atom is 0.105 e. The fourth-order valence-electron chi connectivity index (χ4n) is 2.96. The molecule has 0 spiro atoms. The summed E-state index contributed by atoms with van der Waals surface area (Å²) < 4.78 is 0. The molecule has 1 aliphatic heterocycles. The average Bonchev–Trinajstić information content (AvgIpc) is 2.67. The van der Waals surface area contributed by atoms with Crippen LogP contribution in [0.15, 0.2) is 42.5 Å². The molecule has 0 unspecified atom stereocenters. The number of hydrogen-bond acceptors (Lipinski definition) is 3. The maximum atomic E-state index is 11.1. The fourth-order valence-corrected chi connectivity index (χ4v) is 4.45. The van der Waals surface area contributed by atoms with Gasteiger partial charge in [-0.05, 0) is 18.9 Å². The number of aliphatic hydroxyl groups excluding tert-OH is 1. The van der Waals surface area contributed by atoms with E-state index in [9.17, 15) is 10.2 Å². The summed E-state index contributed by atoms with van der Waals surface area (Å²) in [5.41, 5.74) is 0.907. The van der Waals surface area contributed by atoms with Crippen molar-refractivity contribution in [2.45, 2.75) is 37.2 Å². The Hall–Kier alpha value is -0.770. The van der Waals surface area contributed by atoms with Gasteiger partial charge >= 0.3 is 0 Å². The summed E-state index contributed by atoms with van der Waals surface area (Å²) in [6.07, 6.45) is -0.00208. The van der Waals surface area contributed by atoms with Crippen LogP contribution < -0.4 is 0 Å². The Kier molecular flexibility index (Phi) is 4.39. The van der Waals surface area contributed by atoms with Crippen LogP contribution in [-0.4, -0.2) is 27.3 Å². The predicted molar refractivity (Wildman–Crippen MR) is 81.2 cm³/mol. The molecule has 1 aromatic carbocycles. The van der Waals surface area contributed by atoms with Crippen LogP contribution in [0.4, 0.5) is 0 Å². The van der Waals surface area contributed by atoms with Crippen LogP contribution in [0.2, 0.25) is 0 Å². The van der Waals surface area contributed by atoms with Gasteiger partial charge in [-0.3, -0.25) is 0 Å². The average molecular weight is 278 g/mol. The van der Waals surface area contributed by atoms with Crippen molar-refractivity contribution in [2.24, 2.45) is 5.92 Å². The summed E-state index contributed by atoms with van der Waals surface area (Å²) in [5, 5.41) is 21.8. The number of benzene rings is 1. The van der Waals surface area contributed by atoms with Crippen molar-refractivity contribution in [3.8, 4) is 0 Å². The standard InChI is InChI=1S/C16H22O2S/c1-11(2)9-14(17)15-12(3)19-10-16(15,18)13-7-5-4-6-8-13/h4-8,12,14-15,17-18H,1,9-10H2,2-3H3/t12-,14-,15+,16-/m1/s1. The van der Waals surface area contributed by atoms with E-state index in [2.05, 4.69) is 13.5 Å². The Labute approximate surface area is 119 Å². The van der Waals surface area contributed by atoms with Crippen molar-refractivity contribution >= 4 is 11.8 Å². The first-order valence-corrected chi connectivity index (χ1v) is 7.72. The number of rotatable bonds is 4. The Balaban J connectivity index is 2.31. The zero-order valence-corrected chi connectivity index (χ0v) is 12.4. The normalized spacial score (nSPS) is 32.2. The zero-order chi connectivity index (χ0) is 14.0. The molecule has 1 saturated heterocycles. The third-order valence-corrected chi connectivity index (χ3v) is 5.30. The second-order valence-corrected chi connectivity index (χ2v) is 6.93. The Morgan fingerprint density at radius 1 is 1.47 bits per heavy atom. The minimum atomic E-state index is -0.944. The van der Waals surface area contributed by atoms with E-state index in [1.165, 1.54) is 0 Å². The topological polar surface area (TPSA) is 40.5 Å². The highest BCUT2D eigenvalue weighted by atomic mass is 32.2. The molecule has 0 saturated carbocycles. The van der Waals surface area contributed by atoms with Gasteiger partial charge in [0, 0.05) is 16.9 Å². The molecule has 2 N–H and O–H groups in total. The van der Waals surface area contributed by atoms with Gasteiger partial charge < -0.3 is 10.2 Å². The van der Waals surface area contributed by atoms with Gasteiger partial charge in [0.15, 0.2) is 0 Å². The van der Waals surface area contributed by atoms with E-state index in [0.717, 1.165) is 11.1 Å². The van der Waals surface area contributed by atoms with E-state index >= 15 is 0 Å². The molecule has 1 fully saturated rings. The summed E-state index contributed by atoms with van der Waals surface area (Å²) in [7, 11) is 0. The molecule has 104 valence electrons. The molecule has 0 bridgehead atoms. The first-order valence-electron chi connectivity index (χ1n) is 6.67. The molecule has 1 aromatic rings. The van der Waals surface area contributed by atoms with Crippen LogP contribution >= 0.6 is 11.8 Å². The number of thioether (sulfide) groups is 1. The van der Waals surface area contributed by atoms with Crippen LogP contribution in [-0.2, 0) is 5.60 Å². The third kappa shape index (κ3) is 2.88. The lowest BCUT2D eigenvalue weighted by atomic mass is 9.76. The molecule has 3 heteroatoms. The molecule has 2 nitrogen and oxygen atoms in total. The van der Waals surface area contributed by atoms with Crippen molar-refractivity contribution in [3.63, 3.8) is 0 Å². The fraction of sp³-hybridized carbons (Fsp3) is 0.500. The van der Waals surface area contributed by atoms with E-state index < -0.39 is 11.7 Å². The zero-order valence-electron chi connectivity index (χ0n) is 11.5. The van der Waals surface area contributed by atoms with Crippen molar-refractivity contribution < 1.29 is 10.2 Å². The molecule has 1 aliphatic rings. The minimum absolute atomic E-state index is 0.156. The second kappa shape index (κ2) is 5.70. The smallest absolute Gasteiger partial charge is 0.105 e. The highest BCUT2D eigenvalue weighted by Crippen LogP contribution is 2.48. The highest BCUT2D eigenvalue weighted by Gasteiger charge is 2.50. The van der Waals surface area contributed by atoms with Crippen molar-refractivity contribution in [1.82, 2.24) is 0 Å². The molecule has 0 amide bonds. The Morgan fingerprint density at radius 2 is 2.11 bits per heavy atom. The van der Waals surface area contributed by atoms with Crippen LogP contribution in [0.3, 0.4) is 0 Å². The van der Waals surface area contributed by atoms with Gasteiger partial charge in [0.1, 0.15) is 5.60 Å². The number of aliphatic hydroxyl groups is 2. The SMILES string of the molecule is C=C(C)C[C@@H](O)[C@@H]1[C@@H](C)SC[C@@]1(O)c1ccccc1. The molecule has 2 rings (SSSR count). The summed E-state index contributed by atoms with van der Waals surface area (Å²) in [4.78, 5) is 0. The molecular formula is C16H22O2S. The largest absolute Gasteiger partial charge is 0.392 e. The lowest BCUT2D eigenvalue weighted by molar-refractivity contribution is -0.0512. The van der Waals surface area contributed by atoms with E-state index in [1.54, 1.807) is 11.8 Å². The monoisotopic (exact) mass is 278 g/mol. The minimum Gasteiger partial charge on any atom is -0.392 e. The molecule has 1 heterocycles. The van der Waals surface area contributed by atoms with Crippen LogP contribution in [0.25, 0.3) is 0 Å². The predicted octanol–water partition coefficient (Wildman–Crippen LogP) is 2.95. The van der Waals surface area contributed by atoms with E-state index in [1.807, 2.05) is 37.3 Å².